The zero-order valence-corrected chi connectivity index (χ0v) is 15.1. The number of nitriles is 1. The van der Waals surface area contributed by atoms with E-state index in [9.17, 15) is 0 Å². The molecule has 1 heterocycles. The van der Waals surface area contributed by atoms with E-state index in [0.29, 0.717) is 5.56 Å². The summed E-state index contributed by atoms with van der Waals surface area (Å²) in [5.74, 6) is 1.85. The van der Waals surface area contributed by atoms with Crippen LogP contribution in [0.3, 0.4) is 0 Å². The first-order valence-electron chi connectivity index (χ1n) is 9.60. The van der Waals surface area contributed by atoms with Gasteiger partial charge in [-0.25, -0.2) is 0 Å². The quantitative estimate of drug-likeness (QED) is 0.696. The average molecular weight is 333 g/mol. The Morgan fingerprint density at radius 3 is 2.20 bits per heavy atom. The van der Waals surface area contributed by atoms with Gasteiger partial charge in [-0.3, -0.25) is 9.97 Å². The monoisotopic (exact) mass is 333 g/mol. The molecule has 1 aromatic heterocycles. The van der Waals surface area contributed by atoms with E-state index >= 15 is 0 Å². The molecule has 0 saturated heterocycles. The lowest BCUT2D eigenvalue weighted by Gasteiger charge is -2.28. The highest BCUT2D eigenvalue weighted by atomic mass is 14.8. The molecule has 1 fully saturated rings. The van der Waals surface area contributed by atoms with Gasteiger partial charge in [-0.1, -0.05) is 57.6 Å². The second-order valence-corrected chi connectivity index (χ2v) is 7.30. The Morgan fingerprint density at radius 2 is 1.64 bits per heavy atom. The number of hydrogen-bond acceptors (Lipinski definition) is 3. The van der Waals surface area contributed by atoms with Gasteiger partial charge in [-0.2, -0.15) is 5.26 Å². The van der Waals surface area contributed by atoms with Gasteiger partial charge in [0.2, 0.25) is 0 Å². The SMILES string of the molecule is CCCC1CCC(CCc2cnc(-c3ccc(C#N)cc3)cn2)CC1. The van der Waals surface area contributed by atoms with Crippen molar-refractivity contribution in [2.24, 2.45) is 11.8 Å². The number of nitrogens with zero attached hydrogens (tertiary/aromatic N) is 3. The predicted octanol–water partition coefficient (Wildman–Crippen LogP) is 5.55. The van der Waals surface area contributed by atoms with Gasteiger partial charge in [-0.05, 0) is 36.8 Å². The Hall–Kier alpha value is -2.21. The van der Waals surface area contributed by atoms with Crippen molar-refractivity contribution >= 4 is 0 Å². The van der Waals surface area contributed by atoms with E-state index in [0.717, 1.165) is 35.2 Å². The van der Waals surface area contributed by atoms with E-state index in [1.165, 1.54) is 44.9 Å². The molecule has 0 aliphatic heterocycles. The third kappa shape index (κ3) is 4.89. The fourth-order valence-corrected chi connectivity index (χ4v) is 3.92. The van der Waals surface area contributed by atoms with Gasteiger partial charge in [0, 0.05) is 11.8 Å². The molecular weight excluding hydrogens is 306 g/mol. The normalized spacial score (nSPS) is 20.2. The molecule has 130 valence electrons. The molecule has 2 aromatic rings. The summed E-state index contributed by atoms with van der Waals surface area (Å²) in [5.41, 5.74) is 3.63. The van der Waals surface area contributed by atoms with Gasteiger partial charge < -0.3 is 0 Å². The van der Waals surface area contributed by atoms with Crippen LogP contribution in [-0.2, 0) is 6.42 Å². The van der Waals surface area contributed by atoms with Crippen LogP contribution in [0.2, 0.25) is 0 Å². The molecular formula is C22H27N3. The molecule has 3 rings (SSSR count). The Morgan fingerprint density at radius 1 is 0.960 bits per heavy atom. The molecule has 0 N–H and O–H groups in total. The van der Waals surface area contributed by atoms with Gasteiger partial charge in [0.1, 0.15) is 0 Å². The van der Waals surface area contributed by atoms with Crippen LogP contribution >= 0.6 is 0 Å². The van der Waals surface area contributed by atoms with Crippen LogP contribution < -0.4 is 0 Å². The van der Waals surface area contributed by atoms with E-state index in [-0.39, 0.29) is 0 Å². The zero-order chi connectivity index (χ0) is 17.5. The molecule has 0 unspecified atom stereocenters. The summed E-state index contributed by atoms with van der Waals surface area (Å²) >= 11 is 0. The minimum atomic E-state index is 0.669. The van der Waals surface area contributed by atoms with Crippen molar-refractivity contribution in [3.63, 3.8) is 0 Å². The van der Waals surface area contributed by atoms with Crippen LogP contribution in [0, 0.1) is 23.2 Å². The maximum absolute atomic E-state index is 8.87. The van der Waals surface area contributed by atoms with Gasteiger partial charge in [0.05, 0.1) is 29.2 Å². The number of rotatable bonds is 6. The van der Waals surface area contributed by atoms with Crippen LogP contribution in [0.1, 0.15) is 63.1 Å². The standard InChI is InChI=1S/C22H27N3/c1-2-3-17-4-6-18(7-5-17)10-13-21-15-25-22(16-24-21)20-11-8-19(14-23)9-12-20/h8-9,11-12,15-18H,2-7,10,13H2,1H3. The molecule has 0 spiro atoms. The van der Waals surface area contributed by atoms with Crippen LogP contribution in [0.15, 0.2) is 36.7 Å². The van der Waals surface area contributed by atoms with E-state index in [1.807, 2.05) is 36.7 Å². The van der Waals surface area contributed by atoms with Crippen molar-refractivity contribution in [3.8, 4) is 17.3 Å². The van der Waals surface area contributed by atoms with Crippen LogP contribution in [0.4, 0.5) is 0 Å². The first-order valence-corrected chi connectivity index (χ1v) is 9.60. The maximum atomic E-state index is 8.87. The number of aromatic nitrogens is 2. The molecule has 0 amide bonds. The summed E-state index contributed by atoms with van der Waals surface area (Å²) < 4.78 is 0. The molecule has 0 atom stereocenters. The fraction of sp³-hybridized carbons (Fsp3) is 0.500. The minimum Gasteiger partial charge on any atom is -0.257 e. The number of benzene rings is 1. The van der Waals surface area contributed by atoms with E-state index in [1.54, 1.807) is 0 Å². The highest BCUT2D eigenvalue weighted by molar-refractivity contribution is 5.59. The van der Waals surface area contributed by atoms with Gasteiger partial charge in [0.25, 0.3) is 0 Å². The Labute approximate surface area is 151 Å². The second-order valence-electron chi connectivity index (χ2n) is 7.30. The zero-order valence-electron chi connectivity index (χ0n) is 15.1. The lowest BCUT2D eigenvalue weighted by molar-refractivity contribution is 0.252. The highest BCUT2D eigenvalue weighted by Gasteiger charge is 2.20. The molecule has 0 bridgehead atoms. The second kappa shape index (κ2) is 8.76. The molecule has 3 heteroatoms. The topological polar surface area (TPSA) is 49.6 Å². The summed E-state index contributed by atoms with van der Waals surface area (Å²) in [6, 6.07) is 9.63. The van der Waals surface area contributed by atoms with Crippen molar-refractivity contribution in [2.45, 2.75) is 58.3 Å². The van der Waals surface area contributed by atoms with Crippen molar-refractivity contribution in [3.05, 3.63) is 47.9 Å². The molecule has 25 heavy (non-hydrogen) atoms. The van der Waals surface area contributed by atoms with Crippen molar-refractivity contribution in [2.75, 3.05) is 0 Å². The highest BCUT2D eigenvalue weighted by Crippen LogP contribution is 2.33. The molecule has 1 saturated carbocycles. The van der Waals surface area contributed by atoms with E-state index in [2.05, 4.69) is 23.0 Å². The first kappa shape index (κ1) is 17.6. The van der Waals surface area contributed by atoms with Crippen LogP contribution in [-0.4, -0.2) is 9.97 Å². The van der Waals surface area contributed by atoms with E-state index < -0.39 is 0 Å². The van der Waals surface area contributed by atoms with E-state index in [4.69, 9.17) is 5.26 Å². The Balaban J connectivity index is 1.50. The van der Waals surface area contributed by atoms with Crippen LogP contribution in [0.25, 0.3) is 11.3 Å². The average Bonchev–Trinajstić information content (AvgIpc) is 2.68. The van der Waals surface area contributed by atoms with Crippen molar-refractivity contribution in [1.29, 1.82) is 5.26 Å². The summed E-state index contributed by atoms with van der Waals surface area (Å²) in [4.78, 5) is 9.16. The summed E-state index contributed by atoms with van der Waals surface area (Å²) in [6.07, 6.45) is 14.4. The first-order chi connectivity index (χ1) is 12.3. The van der Waals surface area contributed by atoms with Gasteiger partial charge in [-0.15, -0.1) is 0 Å². The molecule has 1 aromatic carbocycles. The molecule has 1 aliphatic carbocycles. The number of aryl methyl sites for hydroxylation is 1. The third-order valence-corrected chi connectivity index (χ3v) is 5.49. The lowest BCUT2D eigenvalue weighted by Crippen LogP contribution is -2.15. The van der Waals surface area contributed by atoms with Crippen molar-refractivity contribution < 1.29 is 0 Å². The fourth-order valence-electron chi connectivity index (χ4n) is 3.92. The third-order valence-electron chi connectivity index (χ3n) is 5.49. The Kier molecular flexibility index (Phi) is 6.17. The molecule has 1 aliphatic rings. The summed E-state index contributed by atoms with van der Waals surface area (Å²) in [7, 11) is 0. The summed E-state index contributed by atoms with van der Waals surface area (Å²) in [5, 5.41) is 8.87. The molecule has 3 nitrogen and oxygen atoms in total. The summed E-state index contributed by atoms with van der Waals surface area (Å²) in [6.45, 7) is 2.30. The number of hydrogen-bond donors (Lipinski definition) is 0. The van der Waals surface area contributed by atoms with Gasteiger partial charge in [0.15, 0.2) is 0 Å². The van der Waals surface area contributed by atoms with Gasteiger partial charge >= 0.3 is 0 Å². The minimum absolute atomic E-state index is 0.669. The lowest BCUT2D eigenvalue weighted by atomic mass is 9.78. The maximum Gasteiger partial charge on any atom is 0.0991 e. The predicted molar refractivity (Wildman–Crippen MR) is 101 cm³/mol. The van der Waals surface area contributed by atoms with Crippen molar-refractivity contribution in [1.82, 2.24) is 9.97 Å². The largest absolute Gasteiger partial charge is 0.257 e. The smallest absolute Gasteiger partial charge is 0.0991 e. The Bertz CT molecular complexity index is 690. The van der Waals surface area contributed by atoms with Crippen LogP contribution in [0.5, 0.6) is 0 Å². The molecule has 0 radical (unpaired) electrons.